The molecule has 2 saturated heterocycles. The summed E-state index contributed by atoms with van der Waals surface area (Å²) in [7, 11) is -1.25. The van der Waals surface area contributed by atoms with Gasteiger partial charge in [-0.2, -0.15) is 4.98 Å². The van der Waals surface area contributed by atoms with E-state index in [0.29, 0.717) is 37.7 Å². The van der Waals surface area contributed by atoms with Crippen molar-refractivity contribution >= 4 is 34.1 Å². The molecule has 38 heavy (non-hydrogen) atoms. The maximum absolute atomic E-state index is 13.2. The van der Waals surface area contributed by atoms with Crippen LogP contribution < -0.4 is 10.6 Å². The van der Waals surface area contributed by atoms with Crippen LogP contribution in [0.5, 0.6) is 0 Å². The number of likely N-dealkylation sites (tertiary alicyclic amines) is 1. The van der Waals surface area contributed by atoms with Gasteiger partial charge in [-0.15, -0.1) is 0 Å². The molecule has 2 fully saturated rings. The molecule has 1 atom stereocenters. The number of benzene rings is 2. The van der Waals surface area contributed by atoms with Crippen molar-refractivity contribution < 1.29 is 14.8 Å². The number of piperidine rings is 2. The molecule has 2 aromatic carbocycles. The van der Waals surface area contributed by atoms with Crippen LogP contribution >= 0.6 is 0 Å². The van der Waals surface area contributed by atoms with Crippen LogP contribution in [0.3, 0.4) is 0 Å². The predicted molar refractivity (Wildman–Crippen MR) is 152 cm³/mol. The predicted octanol–water partition coefficient (Wildman–Crippen LogP) is 3.78. The summed E-state index contributed by atoms with van der Waals surface area (Å²) in [6.45, 7) is 6.21. The van der Waals surface area contributed by atoms with Crippen molar-refractivity contribution in [2.45, 2.75) is 49.5 Å². The summed E-state index contributed by atoms with van der Waals surface area (Å²) in [5, 5.41) is 17.6. The molecular weight excluding hydrogens is 500 g/mol. The van der Waals surface area contributed by atoms with Gasteiger partial charge < -0.3 is 26.1 Å². The Kier molecular flexibility index (Phi) is 9.45. The lowest BCUT2D eigenvalue weighted by atomic mass is 9.91. The van der Waals surface area contributed by atoms with E-state index in [1.165, 1.54) is 24.8 Å². The minimum Gasteiger partial charge on any atom is -0.412 e. The smallest absolute Gasteiger partial charge is 0.229 e. The maximum atomic E-state index is 13.2. The van der Waals surface area contributed by atoms with Crippen LogP contribution in [0.25, 0.3) is 0 Å². The van der Waals surface area contributed by atoms with Gasteiger partial charge >= 0.3 is 0 Å². The monoisotopic (exact) mass is 538 g/mol. The number of nitrogens with one attached hydrogen (secondary N) is 2. The number of aliphatic hydroxyl groups is 1. The number of aryl methyl sites for hydroxylation is 1. The fourth-order valence-electron chi connectivity index (χ4n) is 4.97. The second-order valence-corrected chi connectivity index (χ2v) is 11.6. The first-order valence-electron chi connectivity index (χ1n) is 13.1. The molecule has 0 aliphatic carbocycles. The first-order chi connectivity index (χ1) is 18.0. The van der Waals surface area contributed by atoms with Crippen molar-refractivity contribution in [2.24, 2.45) is 0 Å². The average Bonchev–Trinajstić information content (AvgIpc) is 2.91. The second kappa shape index (κ2) is 12.8. The second-order valence-electron chi connectivity index (χ2n) is 10.1. The number of β-amino-alcohol motifs (C(OH)–C–C–N with tert-alkyl or cyclic N) is 1. The van der Waals surface area contributed by atoms with Crippen LogP contribution in [0.2, 0.25) is 0 Å². The summed E-state index contributed by atoms with van der Waals surface area (Å²) in [6.07, 6.45) is 6.75. The van der Waals surface area contributed by atoms with E-state index in [1.54, 1.807) is 6.20 Å². The SMILES string of the molecule is Cc1ccc(Nc2ccnc(Nc3ccc(S(=O)N4CCC(O)(CN5CCCCC5)CC4)cc3)n2)cc1.O. The Bertz CT molecular complexity index is 1190. The van der Waals surface area contributed by atoms with E-state index in [0.717, 1.165) is 35.9 Å². The third-order valence-corrected chi connectivity index (χ3v) is 8.66. The van der Waals surface area contributed by atoms with Crippen molar-refractivity contribution in [1.29, 1.82) is 0 Å². The van der Waals surface area contributed by atoms with E-state index in [4.69, 9.17) is 0 Å². The summed E-state index contributed by atoms with van der Waals surface area (Å²) in [4.78, 5) is 12.0. The van der Waals surface area contributed by atoms with Gasteiger partial charge in [0.25, 0.3) is 0 Å². The van der Waals surface area contributed by atoms with E-state index in [9.17, 15) is 9.32 Å². The molecule has 9 nitrogen and oxygen atoms in total. The third-order valence-electron chi connectivity index (χ3n) is 7.15. The number of aromatic nitrogens is 2. The van der Waals surface area contributed by atoms with Crippen molar-refractivity contribution in [2.75, 3.05) is 43.4 Å². The summed E-state index contributed by atoms with van der Waals surface area (Å²) in [6, 6.07) is 17.5. The highest BCUT2D eigenvalue weighted by Crippen LogP contribution is 2.28. The van der Waals surface area contributed by atoms with Gasteiger partial charge in [-0.1, -0.05) is 24.1 Å². The lowest BCUT2D eigenvalue weighted by Crippen LogP contribution is -2.52. The van der Waals surface area contributed by atoms with Crippen LogP contribution in [-0.2, 0) is 11.0 Å². The van der Waals surface area contributed by atoms with Crippen LogP contribution in [0, 0.1) is 6.92 Å². The zero-order valence-electron chi connectivity index (χ0n) is 21.9. The van der Waals surface area contributed by atoms with Crippen molar-refractivity contribution in [3.63, 3.8) is 0 Å². The van der Waals surface area contributed by atoms with E-state index < -0.39 is 16.6 Å². The Labute approximate surface area is 227 Å². The normalized spacial score (nSPS) is 18.8. The van der Waals surface area contributed by atoms with Crippen molar-refractivity contribution in [3.05, 3.63) is 66.4 Å². The summed E-state index contributed by atoms with van der Waals surface area (Å²) < 4.78 is 15.2. The van der Waals surface area contributed by atoms with Gasteiger partial charge in [-0.05, 0) is 88.2 Å². The number of hydrogen-bond donors (Lipinski definition) is 3. The zero-order valence-corrected chi connectivity index (χ0v) is 22.7. The fraction of sp³-hybridized carbons (Fsp3) is 0.429. The molecule has 204 valence electrons. The third kappa shape index (κ3) is 7.36. The highest BCUT2D eigenvalue weighted by atomic mass is 32.2. The Morgan fingerprint density at radius 3 is 2.21 bits per heavy atom. The summed E-state index contributed by atoms with van der Waals surface area (Å²) in [5.41, 5.74) is 2.32. The Hall–Kier alpha value is -2.89. The molecule has 3 aromatic rings. The lowest BCUT2D eigenvalue weighted by molar-refractivity contribution is -0.0355. The molecule has 0 spiro atoms. The quantitative estimate of drug-likeness (QED) is 0.399. The standard InChI is InChI=1S/C28H36N6O2S.H2O/c1-22-5-7-23(8-6-22)30-26-13-16-29-27(32-26)31-24-9-11-25(12-10-24)37(36)34-19-14-28(35,15-20-34)21-33-17-3-2-4-18-33;/h5-13,16,35H,2-4,14-15,17-21H2,1H3,(H2,29,30,31,32);1H2. The van der Waals surface area contributed by atoms with Gasteiger partial charge in [-0.25, -0.2) is 13.5 Å². The molecule has 10 heteroatoms. The Morgan fingerprint density at radius 2 is 1.53 bits per heavy atom. The van der Waals surface area contributed by atoms with E-state index in [2.05, 4.69) is 32.4 Å². The van der Waals surface area contributed by atoms with Gasteiger partial charge in [0.1, 0.15) is 16.8 Å². The number of nitrogens with zero attached hydrogens (tertiary/aromatic N) is 4. The maximum Gasteiger partial charge on any atom is 0.229 e. The number of hydrogen-bond acceptors (Lipinski definition) is 7. The highest BCUT2D eigenvalue weighted by Gasteiger charge is 2.36. The molecule has 1 aromatic heterocycles. The van der Waals surface area contributed by atoms with Gasteiger partial charge in [-0.3, -0.25) is 0 Å². The molecule has 2 aliphatic heterocycles. The number of rotatable bonds is 8. The first-order valence-corrected chi connectivity index (χ1v) is 14.2. The molecule has 0 bridgehead atoms. The number of anilines is 4. The summed E-state index contributed by atoms with van der Waals surface area (Å²) >= 11 is 0. The molecule has 1 unspecified atom stereocenters. The van der Waals surface area contributed by atoms with Gasteiger partial charge in [0, 0.05) is 37.2 Å². The topological polar surface area (TPSA) is 125 Å². The van der Waals surface area contributed by atoms with E-state index in [1.807, 2.05) is 58.9 Å². The van der Waals surface area contributed by atoms with Crippen molar-refractivity contribution in [1.82, 2.24) is 19.2 Å². The molecular formula is C28H38N6O3S. The van der Waals surface area contributed by atoms with Gasteiger partial charge in [0.15, 0.2) is 0 Å². The molecule has 3 heterocycles. The minimum atomic E-state index is -1.25. The largest absolute Gasteiger partial charge is 0.412 e. The molecule has 0 radical (unpaired) electrons. The fourth-order valence-corrected chi connectivity index (χ4v) is 6.15. The minimum absolute atomic E-state index is 0. The molecule has 5 rings (SSSR count). The Morgan fingerprint density at radius 1 is 0.895 bits per heavy atom. The average molecular weight is 539 g/mol. The van der Waals surface area contributed by atoms with Crippen LogP contribution in [-0.4, -0.2) is 72.3 Å². The van der Waals surface area contributed by atoms with Gasteiger partial charge in [0.05, 0.1) is 10.5 Å². The molecule has 2 aliphatic rings. The van der Waals surface area contributed by atoms with Gasteiger partial charge in [0.2, 0.25) is 5.95 Å². The van der Waals surface area contributed by atoms with E-state index in [-0.39, 0.29) is 5.48 Å². The van der Waals surface area contributed by atoms with Crippen molar-refractivity contribution in [3.8, 4) is 0 Å². The first kappa shape index (κ1) is 28.1. The highest BCUT2D eigenvalue weighted by molar-refractivity contribution is 7.82. The molecule has 0 amide bonds. The van der Waals surface area contributed by atoms with Crippen LogP contribution in [0.1, 0.15) is 37.7 Å². The molecule has 0 saturated carbocycles. The van der Waals surface area contributed by atoms with Crippen LogP contribution in [0.4, 0.5) is 23.1 Å². The Balaban J connectivity index is 0.00000336. The molecule has 5 N–H and O–H groups in total. The lowest BCUT2D eigenvalue weighted by Gasteiger charge is -2.41. The van der Waals surface area contributed by atoms with E-state index >= 15 is 0 Å². The zero-order chi connectivity index (χ0) is 25.7. The summed E-state index contributed by atoms with van der Waals surface area (Å²) in [5.74, 6) is 1.18. The van der Waals surface area contributed by atoms with Crippen LogP contribution in [0.15, 0.2) is 65.7 Å².